The quantitative estimate of drug-likeness (QED) is 0.883. The summed E-state index contributed by atoms with van der Waals surface area (Å²) in [6.45, 7) is 1.96. The van der Waals surface area contributed by atoms with Gasteiger partial charge in [-0.15, -0.1) is 0 Å². The minimum Gasteiger partial charge on any atom is -0.484 e. The summed E-state index contributed by atoms with van der Waals surface area (Å²) < 4.78 is 5.46. The van der Waals surface area contributed by atoms with Gasteiger partial charge in [-0.1, -0.05) is 36.4 Å². The summed E-state index contributed by atoms with van der Waals surface area (Å²) >= 11 is 0. The van der Waals surface area contributed by atoms with Crippen LogP contribution in [-0.2, 0) is 17.6 Å². The lowest BCUT2D eigenvalue weighted by Gasteiger charge is -2.17. The van der Waals surface area contributed by atoms with Gasteiger partial charge in [-0.25, -0.2) is 5.43 Å². The molecule has 0 fully saturated rings. The van der Waals surface area contributed by atoms with Gasteiger partial charge in [-0.3, -0.25) is 4.79 Å². The Labute approximate surface area is 136 Å². The van der Waals surface area contributed by atoms with E-state index in [0.717, 1.165) is 30.5 Å². The third-order valence-corrected chi connectivity index (χ3v) is 3.89. The smallest absolute Gasteiger partial charge is 0.277 e. The van der Waals surface area contributed by atoms with Crippen LogP contribution in [0.1, 0.15) is 23.1 Å². The molecule has 1 aliphatic carbocycles. The topological polar surface area (TPSA) is 50.7 Å². The number of hydrazone groups is 1. The number of benzene rings is 2. The van der Waals surface area contributed by atoms with Crippen LogP contribution < -0.4 is 10.2 Å². The summed E-state index contributed by atoms with van der Waals surface area (Å²) in [4.78, 5) is 11.8. The summed E-state index contributed by atoms with van der Waals surface area (Å²) in [6, 6.07) is 16.0. The van der Waals surface area contributed by atoms with Gasteiger partial charge in [0.05, 0.1) is 0 Å². The molecule has 2 aromatic rings. The fourth-order valence-electron chi connectivity index (χ4n) is 2.68. The van der Waals surface area contributed by atoms with E-state index in [-0.39, 0.29) is 12.5 Å². The van der Waals surface area contributed by atoms with Crippen molar-refractivity contribution in [3.63, 3.8) is 0 Å². The standard InChI is InChI=1S/C19H20N2O2/c1-14-5-4-8-18(11-14)23-13-19(22)21-20-17-10-9-15-6-2-3-7-16(15)12-17/h2-8,11H,9-10,12-13H2,1H3,(H,21,22)/b20-17-. The van der Waals surface area contributed by atoms with Gasteiger partial charge in [0.1, 0.15) is 5.75 Å². The lowest BCUT2D eigenvalue weighted by atomic mass is 9.90. The number of hydrogen-bond acceptors (Lipinski definition) is 3. The Morgan fingerprint density at radius 1 is 1.13 bits per heavy atom. The summed E-state index contributed by atoms with van der Waals surface area (Å²) in [5.74, 6) is 0.456. The Morgan fingerprint density at radius 3 is 2.78 bits per heavy atom. The molecule has 0 unspecified atom stereocenters. The van der Waals surface area contributed by atoms with Gasteiger partial charge in [0, 0.05) is 12.1 Å². The van der Waals surface area contributed by atoms with Crippen LogP contribution in [0.3, 0.4) is 0 Å². The lowest BCUT2D eigenvalue weighted by molar-refractivity contribution is -0.123. The van der Waals surface area contributed by atoms with Crippen molar-refractivity contribution >= 4 is 11.6 Å². The molecule has 0 bridgehead atoms. The number of fused-ring (bicyclic) bond motifs is 1. The zero-order valence-corrected chi connectivity index (χ0v) is 13.2. The molecule has 0 aromatic heterocycles. The van der Waals surface area contributed by atoms with Gasteiger partial charge in [0.15, 0.2) is 6.61 Å². The highest BCUT2D eigenvalue weighted by Gasteiger charge is 2.13. The Hall–Kier alpha value is -2.62. The molecule has 2 aromatic carbocycles. The molecule has 0 saturated heterocycles. The fourth-order valence-corrected chi connectivity index (χ4v) is 2.68. The zero-order chi connectivity index (χ0) is 16.1. The van der Waals surface area contributed by atoms with Crippen LogP contribution in [-0.4, -0.2) is 18.2 Å². The first kappa shape index (κ1) is 15.3. The number of hydrogen-bond donors (Lipinski definition) is 1. The fraction of sp³-hybridized carbons (Fsp3) is 0.263. The van der Waals surface area contributed by atoms with Crippen molar-refractivity contribution in [2.24, 2.45) is 5.10 Å². The van der Waals surface area contributed by atoms with Crippen molar-refractivity contribution in [1.82, 2.24) is 5.43 Å². The molecule has 4 heteroatoms. The van der Waals surface area contributed by atoms with E-state index in [1.807, 2.05) is 37.3 Å². The largest absolute Gasteiger partial charge is 0.484 e. The second kappa shape index (κ2) is 7.09. The maximum Gasteiger partial charge on any atom is 0.277 e. The average molecular weight is 308 g/mol. The molecule has 0 heterocycles. The monoisotopic (exact) mass is 308 g/mol. The second-order valence-corrected chi connectivity index (χ2v) is 5.76. The molecule has 1 amide bonds. The summed E-state index contributed by atoms with van der Waals surface area (Å²) in [6.07, 6.45) is 2.66. The van der Waals surface area contributed by atoms with Gasteiger partial charge in [-0.2, -0.15) is 5.10 Å². The highest BCUT2D eigenvalue weighted by molar-refractivity contribution is 5.90. The van der Waals surface area contributed by atoms with Crippen LogP contribution in [0.25, 0.3) is 0 Å². The molecule has 1 aliphatic rings. The first-order valence-electron chi connectivity index (χ1n) is 7.81. The molecule has 4 nitrogen and oxygen atoms in total. The van der Waals surface area contributed by atoms with Crippen molar-refractivity contribution in [1.29, 1.82) is 0 Å². The van der Waals surface area contributed by atoms with E-state index in [0.29, 0.717) is 5.75 Å². The Balaban J connectivity index is 1.51. The number of ether oxygens (including phenoxy) is 1. The third-order valence-electron chi connectivity index (χ3n) is 3.89. The molecule has 0 aliphatic heterocycles. The molecular weight excluding hydrogens is 288 g/mol. The van der Waals surface area contributed by atoms with Crippen LogP contribution in [0.15, 0.2) is 53.6 Å². The molecule has 0 atom stereocenters. The number of rotatable bonds is 4. The number of amides is 1. The van der Waals surface area contributed by atoms with E-state index in [9.17, 15) is 4.79 Å². The first-order valence-corrected chi connectivity index (χ1v) is 7.81. The minimum atomic E-state index is -0.238. The van der Waals surface area contributed by atoms with E-state index < -0.39 is 0 Å². The minimum absolute atomic E-state index is 0.0309. The van der Waals surface area contributed by atoms with Gasteiger partial charge in [-0.05, 0) is 48.6 Å². The van der Waals surface area contributed by atoms with Crippen molar-refractivity contribution < 1.29 is 9.53 Å². The van der Waals surface area contributed by atoms with Crippen LogP contribution >= 0.6 is 0 Å². The van der Waals surface area contributed by atoms with E-state index >= 15 is 0 Å². The van der Waals surface area contributed by atoms with E-state index in [4.69, 9.17) is 4.74 Å². The number of nitrogens with one attached hydrogen (secondary N) is 1. The van der Waals surface area contributed by atoms with Crippen LogP contribution in [0.2, 0.25) is 0 Å². The summed E-state index contributed by atoms with van der Waals surface area (Å²) in [5.41, 5.74) is 7.37. The number of aryl methyl sites for hydroxylation is 2. The zero-order valence-electron chi connectivity index (χ0n) is 13.2. The molecule has 23 heavy (non-hydrogen) atoms. The van der Waals surface area contributed by atoms with Crippen molar-refractivity contribution in [2.45, 2.75) is 26.2 Å². The first-order chi connectivity index (χ1) is 11.2. The average Bonchev–Trinajstić information content (AvgIpc) is 2.58. The van der Waals surface area contributed by atoms with Crippen molar-refractivity contribution in [3.8, 4) is 5.75 Å². The van der Waals surface area contributed by atoms with E-state index in [2.05, 4.69) is 28.7 Å². The predicted octanol–water partition coefficient (Wildman–Crippen LogP) is 3.03. The van der Waals surface area contributed by atoms with Crippen molar-refractivity contribution in [2.75, 3.05) is 6.61 Å². The van der Waals surface area contributed by atoms with Gasteiger partial charge in [0.2, 0.25) is 0 Å². The number of carbonyl (C=O) groups is 1. The van der Waals surface area contributed by atoms with Crippen molar-refractivity contribution in [3.05, 3.63) is 65.2 Å². The molecule has 3 rings (SSSR count). The lowest BCUT2D eigenvalue weighted by Crippen LogP contribution is -2.27. The third kappa shape index (κ3) is 4.19. The molecular formula is C19H20N2O2. The molecule has 0 radical (unpaired) electrons. The summed E-state index contributed by atoms with van der Waals surface area (Å²) in [5, 5.41) is 4.25. The predicted molar refractivity (Wildman–Crippen MR) is 90.7 cm³/mol. The van der Waals surface area contributed by atoms with Gasteiger partial charge in [0.25, 0.3) is 5.91 Å². The second-order valence-electron chi connectivity index (χ2n) is 5.76. The Morgan fingerprint density at radius 2 is 1.96 bits per heavy atom. The normalized spacial score (nSPS) is 15.1. The van der Waals surface area contributed by atoms with Gasteiger partial charge >= 0.3 is 0 Å². The van der Waals surface area contributed by atoms with E-state index in [1.165, 1.54) is 11.1 Å². The van der Waals surface area contributed by atoms with Crippen LogP contribution in [0.5, 0.6) is 5.75 Å². The van der Waals surface area contributed by atoms with Crippen LogP contribution in [0.4, 0.5) is 0 Å². The highest BCUT2D eigenvalue weighted by atomic mass is 16.5. The Bertz CT molecular complexity index is 738. The van der Waals surface area contributed by atoms with E-state index in [1.54, 1.807) is 0 Å². The Kier molecular flexibility index (Phi) is 4.71. The molecule has 118 valence electrons. The molecule has 1 N–H and O–H groups in total. The van der Waals surface area contributed by atoms with Crippen LogP contribution in [0, 0.1) is 6.92 Å². The van der Waals surface area contributed by atoms with Gasteiger partial charge < -0.3 is 4.74 Å². The molecule has 0 saturated carbocycles. The molecule has 0 spiro atoms. The maximum atomic E-state index is 11.8. The number of carbonyl (C=O) groups excluding carboxylic acids is 1. The maximum absolute atomic E-state index is 11.8. The SMILES string of the molecule is Cc1cccc(OCC(=O)N/N=C2/CCc3ccccc3C2)c1. The summed E-state index contributed by atoms with van der Waals surface area (Å²) in [7, 11) is 0. The highest BCUT2D eigenvalue weighted by Crippen LogP contribution is 2.19. The number of nitrogens with zero attached hydrogens (tertiary/aromatic N) is 1.